The Bertz CT molecular complexity index is 1340. The molecule has 0 bridgehead atoms. The highest BCUT2D eigenvalue weighted by Crippen LogP contribution is 2.25. The molecule has 2 aliphatic heterocycles. The zero-order valence-electron chi connectivity index (χ0n) is 23.8. The molecule has 2 aromatic carbocycles. The minimum absolute atomic E-state index is 0.0889. The fraction of sp³-hybridized carbons (Fsp3) is 0.429. The van der Waals surface area contributed by atoms with E-state index in [1.807, 2.05) is 12.2 Å². The van der Waals surface area contributed by atoms with E-state index in [9.17, 15) is 9.59 Å². The molecule has 1 amide bonds. The molecule has 0 spiro atoms. The normalized spacial score (nSPS) is 18.0. The minimum Gasteiger partial charge on any atom is -0.319 e. The molecular formula is C35H41N3O2. The van der Waals surface area contributed by atoms with Gasteiger partial charge in [0.1, 0.15) is 0 Å². The van der Waals surface area contributed by atoms with Gasteiger partial charge in [0.05, 0.1) is 5.70 Å². The van der Waals surface area contributed by atoms with Crippen molar-refractivity contribution >= 4 is 11.7 Å². The van der Waals surface area contributed by atoms with E-state index in [-0.39, 0.29) is 11.7 Å². The van der Waals surface area contributed by atoms with Crippen LogP contribution in [0.25, 0.3) is 0 Å². The number of rotatable bonds is 10. The number of hydrogen-bond donors (Lipinski definition) is 1. The molecule has 5 rings (SSSR count). The molecule has 0 saturated carbocycles. The van der Waals surface area contributed by atoms with Crippen LogP contribution in [0.1, 0.15) is 66.1 Å². The number of carbonyl (C=O) groups excluding carboxylic acids is 2. The van der Waals surface area contributed by atoms with Gasteiger partial charge in [-0.05, 0) is 104 Å². The molecule has 5 heteroatoms. The number of fused-ring (bicyclic) bond motifs is 1. The van der Waals surface area contributed by atoms with E-state index >= 15 is 0 Å². The zero-order valence-corrected chi connectivity index (χ0v) is 23.8. The molecule has 2 heterocycles. The lowest BCUT2D eigenvalue weighted by Crippen LogP contribution is -2.35. The summed E-state index contributed by atoms with van der Waals surface area (Å²) in [6.45, 7) is 7.60. The van der Waals surface area contributed by atoms with Gasteiger partial charge in [0.2, 0.25) is 5.91 Å². The van der Waals surface area contributed by atoms with Crippen molar-refractivity contribution in [3.8, 4) is 0 Å². The van der Waals surface area contributed by atoms with E-state index in [4.69, 9.17) is 0 Å². The highest BCUT2D eigenvalue weighted by Gasteiger charge is 2.21. The third-order valence-electron chi connectivity index (χ3n) is 8.41. The topological polar surface area (TPSA) is 52.7 Å². The number of amides is 1. The number of nitrogens with one attached hydrogen (secondary N) is 1. The molecule has 5 nitrogen and oxygen atoms in total. The van der Waals surface area contributed by atoms with Crippen LogP contribution in [0.2, 0.25) is 0 Å². The lowest BCUT2D eigenvalue weighted by molar-refractivity contribution is -0.118. The van der Waals surface area contributed by atoms with Gasteiger partial charge >= 0.3 is 0 Å². The summed E-state index contributed by atoms with van der Waals surface area (Å²) >= 11 is 0. The summed E-state index contributed by atoms with van der Waals surface area (Å²) in [7, 11) is 0. The van der Waals surface area contributed by atoms with Crippen LogP contribution in [0.3, 0.4) is 0 Å². The Balaban J connectivity index is 1.03. The Kier molecular flexibility index (Phi) is 9.65. The predicted molar refractivity (Wildman–Crippen MR) is 160 cm³/mol. The largest absolute Gasteiger partial charge is 0.319 e. The van der Waals surface area contributed by atoms with E-state index in [2.05, 4.69) is 75.1 Å². The summed E-state index contributed by atoms with van der Waals surface area (Å²) in [4.78, 5) is 29.4. The van der Waals surface area contributed by atoms with Crippen LogP contribution in [0.4, 0.5) is 0 Å². The van der Waals surface area contributed by atoms with E-state index in [0.29, 0.717) is 18.0 Å². The third kappa shape index (κ3) is 8.03. The first-order valence-corrected chi connectivity index (χ1v) is 14.9. The monoisotopic (exact) mass is 535 g/mol. The van der Waals surface area contributed by atoms with Crippen LogP contribution in [-0.2, 0) is 24.2 Å². The van der Waals surface area contributed by atoms with Crippen molar-refractivity contribution in [3.63, 3.8) is 0 Å². The second-order valence-corrected chi connectivity index (χ2v) is 11.5. The minimum atomic E-state index is -0.0889. The van der Waals surface area contributed by atoms with Gasteiger partial charge in [-0.2, -0.15) is 0 Å². The third-order valence-corrected chi connectivity index (χ3v) is 8.41. The number of ketones is 1. The zero-order chi connectivity index (χ0) is 27.7. The number of piperidine rings is 1. The Hall–Kier alpha value is -3.46. The molecule has 208 valence electrons. The second-order valence-electron chi connectivity index (χ2n) is 11.5. The molecule has 1 fully saturated rings. The van der Waals surface area contributed by atoms with Crippen molar-refractivity contribution in [2.45, 2.75) is 58.4 Å². The van der Waals surface area contributed by atoms with E-state index in [0.717, 1.165) is 76.1 Å². The van der Waals surface area contributed by atoms with E-state index in [1.54, 1.807) is 0 Å². The second kappa shape index (κ2) is 13.7. The van der Waals surface area contributed by atoms with Gasteiger partial charge in [-0.3, -0.25) is 19.4 Å². The molecule has 2 aromatic rings. The van der Waals surface area contributed by atoms with Crippen molar-refractivity contribution in [1.29, 1.82) is 0 Å². The maximum absolute atomic E-state index is 13.1. The maximum Gasteiger partial charge on any atom is 0.221 e. The highest BCUT2D eigenvalue weighted by molar-refractivity contribution is 5.96. The van der Waals surface area contributed by atoms with Crippen molar-refractivity contribution in [2.75, 3.05) is 32.7 Å². The average molecular weight is 536 g/mol. The van der Waals surface area contributed by atoms with Crippen LogP contribution in [0.5, 0.6) is 0 Å². The van der Waals surface area contributed by atoms with Gasteiger partial charge in [0.15, 0.2) is 5.78 Å². The summed E-state index contributed by atoms with van der Waals surface area (Å²) in [6.07, 6.45) is 11.1. The molecule has 0 atom stereocenters. The summed E-state index contributed by atoms with van der Waals surface area (Å²) in [6, 6.07) is 17.1. The van der Waals surface area contributed by atoms with Gasteiger partial charge in [-0.15, -0.1) is 0 Å². The Morgan fingerprint density at radius 3 is 2.45 bits per heavy atom. The van der Waals surface area contributed by atoms with E-state index in [1.165, 1.54) is 36.5 Å². The number of hydrogen-bond acceptors (Lipinski definition) is 4. The molecule has 40 heavy (non-hydrogen) atoms. The molecule has 0 unspecified atom stereocenters. The lowest BCUT2D eigenvalue weighted by atomic mass is 9.90. The molecule has 1 N–H and O–H groups in total. The molecule has 0 radical (unpaired) electrons. The summed E-state index contributed by atoms with van der Waals surface area (Å²) in [5, 5.41) is 2.79. The number of likely N-dealkylation sites (tertiary alicyclic amines) is 1. The number of carbonyl (C=O) groups is 2. The predicted octanol–water partition coefficient (Wildman–Crippen LogP) is 5.62. The maximum atomic E-state index is 13.1. The Morgan fingerprint density at radius 2 is 1.68 bits per heavy atom. The summed E-state index contributed by atoms with van der Waals surface area (Å²) < 4.78 is 0. The summed E-state index contributed by atoms with van der Waals surface area (Å²) in [5.41, 5.74) is 12.8. The van der Waals surface area contributed by atoms with Gasteiger partial charge < -0.3 is 5.32 Å². The first kappa shape index (κ1) is 28.1. The van der Waals surface area contributed by atoms with Crippen LogP contribution >= 0.6 is 0 Å². The van der Waals surface area contributed by atoms with Crippen molar-refractivity contribution in [2.24, 2.45) is 5.92 Å². The van der Waals surface area contributed by atoms with Gasteiger partial charge in [0, 0.05) is 45.1 Å². The molecule has 1 saturated heterocycles. The lowest BCUT2D eigenvalue weighted by Gasteiger charge is -2.32. The van der Waals surface area contributed by atoms with E-state index < -0.39 is 0 Å². The Labute approximate surface area is 238 Å². The fourth-order valence-corrected chi connectivity index (χ4v) is 6.15. The molecule has 0 aromatic heterocycles. The number of Topliss-reactive ketones (excluding diaryl/α,β-unsaturated/α-hetero) is 1. The standard InChI is InChI=1S/C35H41N3O2/c1-27(39)36-34-11-5-10-30(23-34)26-37-19-15-28(16-20-37)9-6-12-35(40)33-14-13-31-17-21-38(22-18-32(31)24-33)25-29-7-3-2-4-8-29/h2-4,7-8,10,13-14,23-24,28H,6,9,12,15-22,25-26H2,1H3,(H,36,39). The van der Waals surface area contributed by atoms with Crippen molar-refractivity contribution in [1.82, 2.24) is 15.1 Å². The number of nitrogens with zero attached hydrogens (tertiary/aromatic N) is 2. The van der Waals surface area contributed by atoms with Crippen molar-refractivity contribution in [3.05, 3.63) is 106 Å². The van der Waals surface area contributed by atoms with Gasteiger partial charge in [-0.25, -0.2) is 0 Å². The molecular weight excluding hydrogens is 494 g/mol. The smallest absolute Gasteiger partial charge is 0.221 e. The first-order valence-electron chi connectivity index (χ1n) is 14.9. The highest BCUT2D eigenvalue weighted by atomic mass is 16.1. The van der Waals surface area contributed by atoms with Crippen LogP contribution in [0, 0.1) is 5.92 Å². The average Bonchev–Trinajstić information content (AvgIpc) is 3.16. The molecule has 3 aliphatic rings. The van der Waals surface area contributed by atoms with Crippen LogP contribution < -0.4 is 5.32 Å². The number of benzene rings is 2. The summed E-state index contributed by atoms with van der Waals surface area (Å²) in [5.74, 6) is 0.893. The van der Waals surface area contributed by atoms with Crippen molar-refractivity contribution < 1.29 is 9.59 Å². The Morgan fingerprint density at radius 1 is 0.925 bits per heavy atom. The fourth-order valence-electron chi connectivity index (χ4n) is 6.15. The van der Waals surface area contributed by atoms with Crippen LogP contribution in [-0.4, -0.2) is 54.2 Å². The quantitative estimate of drug-likeness (QED) is 0.317. The first-order chi connectivity index (χ1) is 19.5. The number of allylic oxidation sites excluding steroid dienone is 1. The van der Waals surface area contributed by atoms with Gasteiger partial charge in [-0.1, -0.05) is 48.2 Å². The van der Waals surface area contributed by atoms with Crippen LogP contribution in [0.15, 0.2) is 83.4 Å². The molecule has 1 aliphatic carbocycles. The van der Waals surface area contributed by atoms with Gasteiger partial charge in [0.25, 0.3) is 0 Å². The SMILES string of the molecule is CC(=O)NC1=C=C=CC(CN2CCC(CCCC(=O)c3ccc4c(c3)CCN(Cc3ccccc3)CC4)CC2)=C1.